The van der Waals surface area contributed by atoms with Crippen molar-refractivity contribution in [3.63, 3.8) is 0 Å². The second-order valence-electron chi connectivity index (χ2n) is 5.81. The van der Waals surface area contributed by atoms with Crippen molar-refractivity contribution in [2.75, 3.05) is 18.2 Å². The summed E-state index contributed by atoms with van der Waals surface area (Å²) >= 11 is 0. The highest BCUT2D eigenvalue weighted by molar-refractivity contribution is 5.63. The van der Waals surface area contributed by atoms with E-state index in [0.717, 1.165) is 0 Å². The third kappa shape index (κ3) is 1.72. The maximum Gasteiger partial charge on any atom is 0.215 e. The van der Waals surface area contributed by atoms with Crippen LogP contribution >= 0.6 is 0 Å². The molecule has 0 atom stereocenters. The SMILES string of the molecule is COc1ccc(N)c(NC2C(C)(C)C2(C)C)n1. The molecule has 0 aliphatic heterocycles. The minimum atomic E-state index is 0.254. The van der Waals surface area contributed by atoms with E-state index in [2.05, 4.69) is 38.0 Å². The Kier molecular flexibility index (Phi) is 2.49. The lowest BCUT2D eigenvalue weighted by Crippen LogP contribution is -2.13. The van der Waals surface area contributed by atoms with Crippen LogP contribution in [-0.2, 0) is 0 Å². The van der Waals surface area contributed by atoms with Crippen molar-refractivity contribution < 1.29 is 4.74 Å². The molecule has 4 nitrogen and oxygen atoms in total. The van der Waals surface area contributed by atoms with Gasteiger partial charge in [0.2, 0.25) is 5.88 Å². The molecule has 0 unspecified atom stereocenters. The van der Waals surface area contributed by atoms with Crippen LogP contribution in [0.3, 0.4) is 0 Å². The summed E-state index contributed by atoms with van der Waals surface area (Å²) in [6.07, 6.45) is 0. The van der Waals surface area contributed by atoms with Gasteiger partial charge < -0.3 is 15.8 Å². The summed E-state index contributed by atoms with van der Waals surface area (Å²) in [6, 6.07) is 3.97. The van der Waals surface area contributed by atoms with E-state index < -0.39 is 0 Å². The van der Waals surface area contributed by atoms with Crippen LogP contribution in [-0.4, -0.2) is 18.1 Å². The molecule has 0 radical (unpaired) electrons. The normalized spacial score (nSPS) is 21.0. The molecule has 1 aromatic rings. The quantitative estimate of drug-likeness (QED) is 0.845. The lowest BCUT2D eigenvalue weighted by Gasteiger charge is -2.11. The largest absolute Gasteiger partial charge is 0.481 e. The fraction of sp³-hybridized carbons (Fsp3) is 0.615. The molecule has 94 valence electrons. The van der Waals surface area contributed by atoms with Crippen LogP contribution in [0.15, 0.2) is 12.1 Å². The third-order valence-electron chi connectivity index (χ3n) is 4.41. The predicted molar refractivity (Wildman–Crippen MR) is 70.2 cm³/mol. The van der Waals surface area contributed by atoms with Crippen LogP contribution in [0.2, 0.25) is 0 Å². The van der Waals surface area contributed by atoms with E-state index in [1.807, 2.05) is 6.07 Å². The number of anilines is 2. The molecule has 1 saturated carbocycles. The summed E-state index contributed by atoms with van der Waals surface area (Å²) in [5.41, 5.74) is 7.08. The fourth-order valence-corrected chi connectivity index (χ4v) is 2.38. The monoisotopic (exact) mass is 235 g/mol. The van der Waals surface area contributed by atoms with Gasteiger partial charge in [0.15, 0.2) is 5.82 Å². The van der Waals surface area contributed by atoms with Gasteiger partial charge in [0.05, 0.1) is 12.8 Å². The van der Waals surface area contributed by atoms with Crippen LogP contribution in [0.25, 0.3) is 0 Å². The minimum Gasteiger partial charge on any atom is -0.481 e. The number of nitrogens with zero attached hydrogens (tertiary/aromatic N) is 1. The second-order valence-corrected chi connectivity index (χ2v) is 5.81. The first-order valence-corrected chi connectivity index (χ1v) is 5.87. The van der Waals surface area contributed by atoms with Crippen molar-refractivity contribution in [1.29, 1.82) is 0 Å². The van der Waals surface area contributed by atoms with Crippen LogP contribution in [0.1, 0.15) is 27.7 Å². The Morgan fingerprint density at radius 1 is 1.24 bits per heavy atom. The summed E-state index contributed by atoms with van der Waals surface area (Å²) in [4.78, 5) is 4.34. The second kappa shape index (κ2) is 3.52. The third-order valence-corrected chi connectivity index (χ3v) is 4.41. The van der Waals surface area contributed by atoms with E-state index >= 15 is 0 Å². The Labute approximate surface area is 103 Å². The number of ether oxygens (including phenoxy) is 1. The van der Waals surface area contributed by atoms with E-state index in [-0.39, 0.29) is 10.8 Å². The molecule has 0 aromatic carbocycles. The van der Waals surface area contributed by atoms with Crippen molar-refractivity contribution in [2.24, 2.45) is 10.8 Å². The summed E-state index contributed by atoms with van der Waals surface area (Å²) in [7, 11) is 1.60. The number of rotatable bonds is 3. The summed E-state index contributed by atoms with van der Waals surface area (Å²) in [6.45, 7) is 9.00. The Bertz CT molecular complexity index is 426. The molecular formula is C13H21N3O. The predicted octanol–water partition coefficient (Wildman–Crippen LogP) is 2.52. The molecule has 0 amide bonds. The molecule has 0 bridgehead atoms. The van der Waals surface area contributed by atoms with Gasteiger partial charge in [-0.2, -0.15) is 4.98 Å². The molecule has 2 rings (SSSR count). The Morgan fingerprint density at radius 3 is 2.29 bits per heavy atom. The number of pyridine rings is 1. The highest BCUT2D eigenvalue weighted by atomic mass is 16.5. The van der Waals surface area contributed by atoms with E-state index in [1.54, 1.807) is 13.2 Å². The zero-order valence-corrected chi connectivity index (χ0v) is 11.2. The Balaban J connectivity index is 2.21. The van der Waals surface area contributed by atoms with Crippen molar-refractivity contribution in [3.05, 3.63) is 12.1 Å². The highest BCUT2D eigenvalue weighted by Crippen LogP contribution is 2.63. The van der Waals surface area contributed by atoms with Gasteiger partial charge in [0, 0.05) is 12.1 Å². The number of nitrogen functional groups attached to an aromatic ring is 1. The average molecular weight is 235 g/mol. The zero-order chi connectivity index (χ0) is 12.8. The fourth-order valence-electron chi connectivity index (χ4n) is 2.38. The van der Waals surface area contributed by atoms with E-state index in [1.165, 1.54) is 0 Å². The first kappa shape index (κ1) is 12.0. The van der Waals surface area contributed by atoms with Crippen LogP contribution in [0.5, 0.6) is 5.88 Å². The molecule has 0 spiro atoms. The number of hydrogen-bond donors (Lipinski definition) is 2. The molecule has 0 saturated heterocycles. The van der Waals surface area contributed by atoms with Gasteiger partial charge in [0.25, 0.3) is 0 Å². The molecule has 4 heteroatoms. The topological polar surface area (TPSA) is 60.2 Å². The van der Waals surface area contributed by atoms with Crippen molar-refractivity contribution in [2.45, 2.75) is 33.7 Å². The number of nitrogens with one attached hydrogen (secondary N) is 1. The number of aromatic nitrogens is 1. The lowest BCUT2D eigenvalue weighted by atomic mass is 10.0. The smallest absolute Gasteiger partial charge is 0.215 e. The van der Waals surface area contributed by atoms with Gasteiger partial charge in [-0.1, -0.05) is 27.7 Å². The first-order valence-electron chi connectivity index (χ1n) is 5.87. The average Bonchev–Trinajstić information content (AvgIpc) is 2.64. The highest BCUT2D eigenvalue weighted by Gasteiger charge is 2.65. The Hall–Kier alpha value is -1.45. The van der Waals surface area contributed by atoms with Crippen LogP contribution < -0.4 is 15.8 Å². The van der Waals surface area contributed by atoms with Crippen molar-refractivity contribution >= 4 is 11.5 Å². The molecule has 17 heavy (non-hydrogen) atoms. The molecular weight excluding hydrogens is 214 g/mol. The standard InChI is InChI=1S/C13H21N3O/c1-12(2)11(13(12,3)4)16-10-8(14)6-7-9(15-10)17-5/h6-7,11H,14H2,1-5H3,(H,15,16). The number of methoxy groups -OCH3 is 1. The summed E-state index contributed by atoms with van der Waals surface area (Å²) in [5, 5.41) is 3.42. The molecule has 1 fully saturated rings. The van der Waals surface area contributed by atoms with E-state index in [9.17, 15) is 0 Å². The molecule has 1 aliphatic carbocycles. The first-order chi connectivity index (χ1) is 7.80. The summed E-state index contributed by atoms with van der Waals surface area (Å²) < 4.78 is 5.11. The maximum absolute atomic E-state index is 5.92. The van der Waals surface area contributed by atoms with Gasteiger partial charge >= 0.3 is 0 Å². The maximum atomic E-state index is 5.92. The van der Waals surface area contributed by atoms with Gasteiger partial charge in [-0.25, -0.2) is 0 Å². The van der Waals surface area contributed by atoms with Gasteiger partial charge in [0.1, 0.15) is 0 Å². The number of nitrogens with two attached hydrogens (primary N) is 1. The molecule has 1 heterocycles. The molecule has 1 aromatic heterocycles. The zero-order valence-electron chi connectivity index (χ0n) is 11.2. The van der Waals surface area contributed by atoms with Crippen molar-refractivity contribution in [3.8, 4) is 5.88 Å². The Morgan fingerprint density at radius 2 is 1.82 bits per heavy atom. The minimum absolute atomic E-state index is 0.254. The van der Waals surface area contributed by atoms with E-state index in [0.29, 0.717) is 23.4 Å². The van der Waals surface area contributed by atoms with Crippen molar-refractivity contribution in [1.82, 2.24) is 4.98 Å². The van der Waals surface area contributed by atoms with E-state index in [4.69, 9.17) is 10.5 Å². The van der Waals surface area contributed by atoms with Gasteiger partial charge in [-0.05, 0) is 16.9 Å². The van der Waals surface area contributed by atoms with Gasteiger partial charge in [-0.15, -0.1) is 0 Å². The van der Waals surface area contributed by atoms with Gasteiger partial charge in [-0.3, -0.25) is 0 Å². The molecule has 3 N–H and O–H groups in total. The molecule has 1 aliphatic rings. The van der Waals surface area contributed by atoms with Crippen LogP contribution in [0.4, 0.5) is 11.5 Å². The number of hydrogen-bond acceptors (Lipinski definition) is 4. The summed E-state index contributed by atoms with van der Waals surface area (Å²) in [5.74, 6) is 1.30. The lowest BCUT2D eigenvalue weighted by molar-refractivity contribution is 0.398. The van der Waals surface area contributed by atoms with Crippen LogP contribution in [0, 0.1) is 10.8 Å².